The van der Waals surface area contributed by atoms with Crippen molar-refractivity contribution < 1.29 is 39.5 Å². The van der Waals surface area contributed by atoms with Gasteiger partial charge in [0.2, 0.25) is 5.56 Å². The Bertz CT molecular complexity index is 973. The summed E-state index contributed by atoms with van der Waals surface area (Å²) in [6.07, 6.45) is 2.61. The van der Waals surface area contributed by atoms with Gasteiger partial charge >= 0.3 is 41.2 Å². The van der Waals surface area contributed by atoms with E-state index in [1.807, 2.05) is 0 Å². The van der Waals surface area contributed by atoms with E-state index >= 15 is 0 Å². The number of nitrogens with zero attached hydrogens (tertiary/aromatic N) is 4. The van der Waals surface area contributed by atoms with Crippen molar-refractivity contribution in [2.75, 3.05) is 0 Å². The van der Waals surface area contributed by atoms with Crippen LogP contribution in [-0.2, 0) is 21.1 Å². The minimum Gasteiger partial charge on any atom is -0.478 e. The number of fused-ring (bicyclic) bond motifs is 1. The molecule has 0 fully saturated rings. The smallest absolute Gasteiger partial charge is 0.478 e. The third-order valence-electron chi connectivity index (χ3n) is 3.27. The zero-order valence-electron chi connectivity index (χ0n) is 13.8. The molecule has 0 saturated heterocycles. The molecule has 24 heavy (non-hydrogen) atoms. The fourth-order valence-electron chi connectivity index (χ4n) is 1.99. The van der Waals surface area contributed by atoms with Gasteiger partial charge in [-0.3, -0.25) is 9.36 Å². The van der Waals surface area contributed by atoms with Gasteiger partial charge in [0.05, 0.1) is 5.56 Å². The molecule has 0 atom stereocenters. The summed E-state index contributed by atoms with van der Waals surface area (Å²) in [4.78, 5) is 37.2. The Morgan fingerprint density at radius 1 is 1.08 bits per heavy atom. The SMILES string of the molecule is Cn1c(=O)c2c(n[c-]n2C)n(C)c1=O.O=C(O)c1ccccc1.[Na+]. The first-order chi connectivity index (χ1) is 10.8. The molecule has 0 bridgehead atoms. The van der Waals surface area contributed by atoms with Crippen molar-refractivity contribution in [2.45, 2.75) is 0 Å². The van der Waals surface area contributed by atoms with E-state index in [0.29, 0.717) is 16.7 Å². The molecular formula is C15H15N4NaO4. The number of carboxylic acid groups (broad SMARTS) is 1. The van der Waals surface area contributed by atoms with Crippen molar-refractivity contribution in [3.63, 3.8) is 0 Å². The van der Waals surface area contributed by atoms with Crippen LogP contribution in [0, 0.1) is 6.33 Å². The number of carboxylic acids is 1. The summed E-state index contributed by atoms with van der Waals surface area (Å²) >= 11 is 0. The van der Waals surface area contributed by atoms with E-state index in [2.05, 4.69) is 11.3 Å². The summed E-state index contributed by atoms with van der Waals surface area (Å²) in [5, 5.41) is 8.38. The van der Waals surface area contributed by atoms with Gasteiger partial charge in [-0.2, -0.15) is 0 Å². The van der Waals surface area contributed by atoms with Crippen molar-refractivity contribution in [1.29, 1.82) is 0 Å². The summed E-state index contributed by atoms with van der Waals surface area (Å²) in [6.45, 7) is 0. The quantitative estimate of drug-likeness (QED) is 0.381. The minimum absolute atomic E-state index is 0. The summed E-state index contributed by atoms with van der Waals surface area (Å²) in [7, 11) is 4.68. The number of aromatic carboxylic acids is 1. The summed E-state index contributed by atoms with van der Waals surface area (Å²) in [5.41, 5.74) is 0.349. The molecule has 0 aliphatic heterocycles. The number of hydrogen-bond donors (Lipinski definition) is 1. The number of carbonyl (C=O) groups is 1. The molecule has 2 heterocycles. The molecule has 120 valence electrons. The molecule has 0 saturated carbocycles. The summed E-state index contributed by atoms with van der Waals surface area (Å²) < 4.78 is 3.86. The molecule has 1 aromatic carbocycles. The Hall–Kier alpha value is -2.16. The van der Waals surface area contributed by atoms with Crippen molar-refractivity contribution in [3.05, 3.63) is 63.1 Å². The second-order valence-corrected chi connectivity index (χ2v) is 4.82. The van der Waals surface area contributed by atoms with Crippen LogP contribution in [0.5, 0.6) is 0 Å². The van der Waals surface area contributed by atoms with Crippen LogP contribution >= 0.6 is 0 Å². The van der Waals surface area contributed by atoms with Crippen LogP contribution in [0.4, 0.5) is 0 Å². The molecule has 3 aromatic rings. The van der Waals surface area contributed by atoms with Gasteiger partial charge in [-0.1, -0.05) is 18.2 Å². The Morgan fingerprint density at radius 2 is 1.67 bits per heavy atom. The van der Waals surface area contributed by atoms with Crippen LogP contribution in [0.3, 0.4) is 0 Å². The number of rotatable bonds is 1. The number of aryl methyl sites for hydroxylation is 2. The second kappa shape index (κ2) is 8.09. The monoisotopic (exact) mass is 338 g/mol. The predicted molar refractivity (Wildman–Crippen MR) is 83.4 cm³/mol. The van der Waals surface area contributed by atoms with Gasteiger partial charge in [-0.05, 0) is 24.7 Å². The van der Waals surface area contributed by atoms with Crippen molar-refractivity contribution >= 4 is 17.1 Å². The minimum atomic E-state index is -0.879. The van der Waals surface area contributed by atoms with Gasteiger partial charge in [0.1, 0.15) is 0 Å². The third kappa shape index (κ3) is 3.84. The van der Waals surface area contributed by atoms with Gasteiger partial charge in [-0.25, -0.2) is 9.59 Å². The first kappa shape index (κ1) is 19.9. The van der Waals surface area contributed by atoms with Gasteiger partial charge < -0.3 is 19.2 Å². The Labute approximate surface area is 159 Å². The normalized spacial score (nSPS) is 9.79. The molecular weight excluding hydrogens is 323 g/mol. The summed E-state index contributed by atoms with van der Waals surface area (Å²) in [6, 6.07) is 8.30. The number of aromatic nitrogens is 4. The van der Waals surface area contributed by atoms with Gasteiger partial charge in [-0.15, -0.1) is 0 Å². The molecule has 1 N–H and O–H groups in total. The van der Waals surface area contributed by atoms with Crippen molar-refractivity contribution in [2.24, 2.45) is 21.1 Å². The standard InChI is InChI=1S/C8H9N4O2.C7H6O2.Na/c1-10-4-9-6-5(10)7(13)12(3)8(14)11(6)2;8-7(9)6-4-2-1-3-5-6;/h1-3H3;1-5H,(H,8,9);/q-1;;+1. The van der Waals surface area contributed by atoms with E-state index in [-0.39, 0.29) is 40.8 Å². The van der Waals surface area contributed by atoms with Crippen molar-refractivity contribution in [1.82, 2.24) is 18.7 Å². The molecule has 8 nitrogen and oxygen atoms in total. The third-order valence-corrected chi connectivity index (χ3v) is 3.27. The average molecular weight is 338 g/mol. The molecule has 0 amide bonds. The maximum absolute atomic E-state index is 11.7. The van der Waals surface area contributed by atoms with Gasteiger partial charge in [0.15, 0.2) is 0 Å². The zero-order chi connectivity index (χ0) is 17.1. The number of hydrogen-bond acceptors (Lipinski definition) is 4. The molecule has 0 aliphatic carbocycles. The predicted octanol–water partition coefficient (Wildman–Crippen LogP) is -2.84. The largest absolute Gasteiger partial charge is 1.00 e. The van der Waals surface area contributed by atoms with Crippen LogP contribution in [-0.4, -0.2) is 29.8 Å². The van der Waals surface area contributed by atoms with Crippen LogP contribution in [0.2, 0.25) is 0 Å². The molecule has 2 aromatic heterocycles. The molecule has 0 spiro atoms. The number of imidazole rings is 1. The molecule has 0 aliphatic rings. The van der Waals surface area contributed by atoms with Crippen LogP contribution in [0.1, 0.15) is 10.4 Å². The van der Waals surface area contributed by atoms with E-state index in [0.717, 1.165) is 4.57 Å². The first-order valence-electron chi connectivity index (χ1n) is 6.63. The molecule has 0 unspecified atom stereocenters. The molecule has 3 rings (SSSR count). The Kier molecular flexibility index (Phi) is 6.70. The van der Waals surface area contributed by atoms with Crippen LogP contribution < -0.4 is 40.8 Å². The van der Waals surface area contributed by atoms with E-state index in [9.17, 15) is 14.4 Å². The number of benzene rings is 1. The molecule has 0 radical (unpaired) electrons. The maximum Gasteiger partial charge on any atom is 1.00 e. The average Bonchev–Trinajstić information content (AvgIpc) is 2.94. The van der Waals surface area contributed by atoms with E-state index in [4.69, 9.17) is 5.11 Å². The Morgan fingerprint density at radius 3 is 2.17 bits per heavy atom. The maximum atomic E-state index is 11.7. The second-order valence-electron chi connectivity index (χ2n) is 4.82. The fourth-order valence-corrected chi connectivity index (χ4v) is 1.99. The van der Waals surface area contributed by atoms with Crippen LogP contribution in [0.15, 0.2) is 39.9 Å². The van der Waals surface area contributed by atoms with E-state index < -0.39 is 5.97 Å². The fraction of sp³-hybridized carbons (Fsp3) is 0.200. The Balaban J connectivity index is 0.000000252. The van der Waals surface area contributed by atoms with Gasteiger partial charge in [0, 0.05) is 26.1 Å². The van der Waals surface area contributed by atoms with E-state index in [1.165, 1.54) is 16.2 Å². The van der Waals surface area contributed by atoms with Gasteiger partial charge in [0.25, 0.3) is 0 Å². The first-order valence-corrected chi connectivity index (χ1v) is 6.63. The van der Waals surface area contributed by atoms with Crippen molar-refractivity contribution in [3.8, 4) is 0 Å². The van der Waals surface area contributed by atoms with E-state index in [1.54, 1.807) is 44.4 Å². The molecule has 9 heteroatoms. The summed E-state index contributed by atoms with van der Waals surface area (Å²) in [5.74, 6) is -0.879. The van der Waals surface area contributed by atoms with Crippen LogP contribution in [0.25, 0.3) is 11.2 Å². The topological polar surface area (TPSA) is 99.1 Å². The zero-order valence-corrected chi connectivity index (χ0v) is 15.8.